The van der Waals surface area contributed by atoms with Crippen LogP contribution in [-0.4, -0.2) is 28.8 Å². The molecule has 0 bridgehead atoms. The van der Waals surface area contributed by atoms with Gasteiger partial charge in [-0.3, -0.25) is 9.48 Å². The molecule has 0 saturated carbocycles. The highest BCUT2D eigenvalue weighted by Crippen LogP contribution is 2.29. The van der Waals surface area contributed by atoms with E-state index in [-0.39, 0.29) is 24.1 Å². The zero-order valence-corrected chi connectivity index (χ0v) is 13.7. The predicted molar refractivity (Wildman–Crippen MR) is 89.3 cm³/mol. The molecule has 23 heavy (non-hydrogen) atoms. The number of nitrogens with one attached hydrogen (secondary N) is 2. The van der Waals surface area contributed by atoms with E-state index in [2.05, 4.69) is 15.7 Å². The second-order valence-electron chi connectivity index (χ2n) is 5.65. The van der Waals surface area contributed by atoms with E-state index in [1.807, 2.05) is 6.07 Å². The molecule has 1 saturated heterocycles. The van der Waals surface area contributed by atoms with E-state index >= 15 is 0 Å². The lowest BCUT2D eigenvalue weighted by Gasteiger charge is -2.36. The minimum absolute atomic E-state index is 0. The number of rotatable bonds is 3. The van der Waals surface area contributed by atoms with Gasteiger partial charge in [-0.2, -0.15) is 5.10 Å². The quantitative estimate of drug-likeness (QED) is 0.904. The van der Waals surface area contributed by atoms with Crippen molar-refractivity contribution in [3.8, 4) is 0 Å². The van der Waals surface area contributed by atoms with Crippen molar-refractivity contribution in [1.82, 2.24) is 15.1 Å². The lowest BCUT2D eigenvalue weighted by atomic mass is 9.87. The molecule has 7 heteroatoms. The summed E-state index contributed by atoms with van der Waals surface area (Å²) in [6, 6.07) is 6.54. The van der Waals surface area contributed by atoms with Gasteiger partial charge in [-0.15, -0.1) is 12.4 Å². The van der Waals surface area contributed by atoms with Crippen molar-refractivity contribution < 1.29 is 9.18 Å². The minimum atomic E-state index is -0.726. The Bertz CT molecular complexity index is 669. The van der Waals surface area contributed by atoms with E-state index < -0.39 is 5.54 Å². The largest absolute Gasteiger partial charge is 0.324 e. The molecule has 1 aliphatic heterocycles. The van der Waals surface area contributed by atoms with Crippen molar-refractivity contribution >= 4 is 24.0 Å². The Labute approximate surface area is 140 Å². The number of hydrogen-bond acceptors (Lipinski definition) is 3. The van der Waals surface area contributed by atoms with Crippen LogP contribution in [0.15, 0.2) is 36.7 Å². The second kappa shape index (κ2) is 7.10. The van der Waals surface area contributed by atoms with Gasteiger partial charge in [0.05, 0.1) is 0 Å². The summed E-state index contributed by atoms with van der Waals surface area (Å²) in [4.78, 5) is 12.9. The molecule has 1 amide bonds. The maximum Gasteiger partial charge on any atom is 0.252 e. The van der Waals surface area contributed by atoms with E-state index in [1.54, 1.807) is 36.1 Å². The Balaban J connectivity index is 0.00000192. The Morgan fingerprint density at radius 3 is 2.74 bits per heavy atom. The Hall–Kier alpha value is -1.92. The van der Waals surface area contributed by atoms with Crippen molar-refractivity contribution in [2.45, 2.75) is 25.3 Å². The number of hydrogen-bond donors (Lipinski definition) is 2. The summed E-state index contributed by atoms with van der Waals surface area (Å²) in [5, 5.41) is 10.4. The van der Waals surface area contributed by atoms with Gasteiger partial charge in [-0.1, -0.05) is 6.07 Å². The van der Waals surface area contributed by atoms with E-state index in [0.717, 1.165) is 13.1 Å². The van der Waals surface area contributed by atoms with Crippen LogP contribution >= 0.6 is 12.4 Å². The van der Waals surface area contributed by atoms with Crippen LogP contribution in [-0.2, 0) is 10.3 Å². The average Bonchev–Trinajstić information content (AvgIpc) is 3.06. The van der Waals surface area contributed by atoms with Crippen molar-refractivity contribution in [2.75, 3.05) is 18.4 Å². The Morgan fingerprint density at radius 2 is 2.13 bits per heavy atom. The normalized spacial score (nSPS) is 16.4. The lowest BCUT2D eigenvalue weighted by molar-refractivity contribution is -0.126. The predicted octanol–water partition coefficient (Wildman–Crippen LogP) is 2.47. The third-order valence-electron chi connectivity index (χ3n) is 4.23. The van der Waals surface area contributed by atoms with Gasteiger partial charge in [-0.05, 0) is 56.6 Å². The molecule has 0 spiro atoms. The summed E-state index contributed by atoms with van der Waals surface area (Å²) in [6.07, 6.45) is 4.77. The van der Waals surface area contributed by atoms with Crippen LogP contribution in [0.4, 0.5) is 10.1 Å². The van der Waals surface area contributed by atoms with Gasteiger partial charge in [-0.25, -0.2) is 4.39 Å². The molecule has 3 rings (SSSR count). The van der Waals surface area contributed by atoms with Gasteiger partial charge in [0, 0.05) is 18.1 Å². The lowest BCUT2D eigenvalue weighted by Crippen LogP contribution is -2.52. The number of carbonyl (C=O) groups is 1. The van der Waals surface area contributed by atoms with Crippen molar-refractivity contribution in [3.05, 3.63) is 48.0 Å². The Kier molecular flexibility index (Phi) is 5.38. The molecule has 2 heterocycles. The molecule has 0 unspecified atom stereocenters. The van der Waals surface area contributed by atoms with E-state index in [1.165, 1.54) is 6.07 Å². The Morgan fingerprint density at radius 1 is 1.39 bits per heavy atom. The highest BCUT2D eigenvalue weighted by Gasteiger charge is 2.42. The number of carbonyl (C=O) groups excluding carboxylic acids is 1. The summed E-state index contributed by atoms with van der Waals surface area (Å²) in [5.41, 5.74) is 0.302. The number of benzene rings is 1. The number of anilines is 1. The third-order valence-corrected chi connectivity index (χ3v) is 4.23. The van der Waals surface area contributed by atoms with Crippen LogP contribution in [0, 0.1) is 12.7 Å². The summed E-state index contributed by atoms with van der Waals surface area (Å²) in [6.45, 7) is 3.18. The molecule has 1 aromatic heterocycles. The first-order valence-corrected chi connectivity index (χ1v) is 7.40. The molecular weight excluding hydrogens is 319 g/mol. The average molecular weight is 339 g/mol. The molecule has 0 atom stereocenters. The van der Waals surface area contributed by atoms with Crippen LogP contribution in [0.2, 0.25) is 0 Å². The maximum atomic E-state index is 13.7. The molecule has 2 N–H and O–H groups in total. The molecule has 1 fully saturated rings. The number of aromatic nitrogens is 2. The van der Waals surface area contributed by atoms with Gasteiger partial charge < -0.3 is 10.6 Å². The number of nitrogens with zero attached hydrogens (tertiary/aromatic N) is 2. The molecular formula is C16H20ClFN4O. The van der Waals surface area contributed by atoms with Gasteiger partial charge >= 0.3 is 0 Å². The summed E-state index contributed by atoms with van der Waals surface area (Å²) in [7, 11) is 0. The fourth-order valence-corrected chi connectivity index (χ4v) is 2.84. The summed E-state index contributed by atoms with van der Waals surface area (Å²) >= 11 is 0. The summed E-state index contributed by atoms with van der Waals surface area (Å²) < 4.78 is 15.4. The molecule has 5 nitrogen and oxygen atoms in total. The fraction of sp³-hybridized carbons (Fsp3) is 0.375. The highest BCUT2D eigenvalue weighted by atomic mass is 35.5. The minimum Gasteiger partial charge on any atom is -0.324 e. The maximum absolute atomic E-state index is 13.7. The monoisotopic (exact) mass is 338 g/mol. The van der Waals surface area contributed by atoms with E-state index in [0.29, 0.717) is 24.1 Å². The first kappa shape index (κ1) is 17.4. The zero-order valence-electron chi connectivity index (χ0n) is 12.9. The second-order valence-corrected chi connectivity index (χ2v) is 5.65. The molecule has 1 aromatic carbocycles. The molecule has 0 radical (unpaired) electrons. The standard InChI is InChI=1S/C16H19FN4O.ClH/c1-12-3-4-13(11-14(12)17)20-15(22)16(5-8-18-9-6-16)21-10-2-7-19-21;/h2-4,7,10-11,18H,5-6,8-9H2,1H3,(H,20,22);1H. The van der Waals surface area contributed by atoms with Crippen LogP contribution in [0.3, 0.4) is 0 Å². The SMILES string of the molecule is Cc1ccc(NC(=O)C2(n3cccn3)CCNCC2)cc1F.Cl. The number of piperidine rings is 1. The van der Waals surface area contributed by atoms with Crippen LogP contribution in [0.5, 0.6) is 0 Å². The van der Waals surface area contributed by atoms with Gasteiger partial charge in [0.1, 0.15) is 11.4 Å². The molecule has 124 valence electrons. The molecule has 0 aliphatic carbocycles. The first-order valence-electron chi connectivity index (χ1n) is 7.40. The number of amides is 1. The van der Waals surface area contributed by atoms with Crippen molar-refractivity contribution in [1.29, 1.82) is 0 Å². The zero-order chi connectivity index (χ0) is 15.6. The van der Waals surface area contributed by atoms with Gasteiger partial charge in [0.2, 0.25) is 0 Å². The smallest absolute Gasteiger partial charge is 0.252 e. The van der Waals surface area contributed by atoms with Gasteiger partial charge in [0.25, 0.3) is 5.91 Å². The van der Waals surface area contributed by atoms with Crippen LogP contribution in [0.25, 0.3) is 0 Å². The number of halogens is 2. The fourth-order valence-electron chi connectivity index (χ4n) is 2.84. The van der Waals surface area contributed by atoms with Crippen molar-refractivity contribution in [3.63, 3.8) is 0 Å². The first-order chi connectivity index (χ1) is 10.6. The summed E-state index contributed by atoms with van der Waals surface area (Å²) in [5.74, 6) is -0.475. The van der Waals surface area contributed by atoms with Crippen molar-refractivity contribution in [2.24, 2.45) is 0 Å². The topological polar surface area (TPSA) is 59.0 Å². The third kappa shape index (κ3) is 3.38. The highest BCUT2D eigenvalue weighted by molar-refractivity contribution is 5.96. The molecule has 1 aliphatic rings. The van der Waals surface area contributed by atoms with Crippen LogP contribution < -0.4 is 10.6 Å². The molecule has 2 aromatic rings. The number of aryl methyl sites for hydroxylation is 1. The van der Waals surface area contributed by atoms with E-state index in [4.69, 9.17) is 0 Å². The van der Waals surface area contributed by atoms with E-state index in [9.17, 15) is 9.18 Å². The van der Waals surface area contributed by atoms with Crippen LogP contribution in [0.1, 0.15) is 18.4 Å². The van der Waals surface area contributed by atoms with Gasteiger partial charge in [0.15, 0.2) is 0 Å².